The molecular formula is C21H33IN4O2S. The minimum atomic E-state index is -0.974. The van der Waals surface area contributed by atoms with Crippen LogP contribution in [0.4, 0.5) is 0 Å². The molecule has 1 fully saturated rings. The zero-order valence-electron chi connectivity index (χ0n) is 17.3. The molecule has 0 bridgehead atoms. The predicted molar refractivity (Wildman–Crippen MR) is 130 cm³/mol. The number of rotatable bonds is 9. The van der Waals surface area contributed by atoms with Gasteiger partial charge in [-0.3, -0.25) is 4.90 Å². The molecule has 3 heterocycles. The Labute approximate surface area is 194 Å². The van der Waals surface area contributed by atoms with Crippen LogP contribution in [0.3, 0.4) is 0 Å². The SMILES string of the molecule is CCN1CCCC1CNC(=NCC(C)(O)c1ccsc1)NCCc1ccco1.I. The van der Waals surface area contributed by atoms with Crippen molar-refractivity contribution in [2.24, 2.45) is 4.99 Å². The van der Waals surface area contributed by atoms with E-state index < -0.39 is 5.60 Å². The zero-order chi connectivity index (χ0) is 19.8. The van der Waals surface area contributed by atoms with Crippen LogP contribution < -0.4 is 10.6 Å². The van der Waals surface area contributed by atoms with Crippen molar-refractivity contribution < 1.29 is 9.52 Å². The highest BCUT2D eigenvalue weighted by molar-refractivity contribution is 14.0. The highest BCUT2D eigenvalue weighted by Gasteiger charge is 2.25. The Kier molecular flexibility index (Phi) is 9.94. The van der Waals surface area contributed by atoms with Gasteiger partial charge >= 0.3 is 0 Å². The van der Waals surface area contributed by atoms with E-state index in [1.54, 1.807) is 17.6 Å². The number of nitrogens with zero attached hydrogens (tertiary/aromatic N) is 2. The van der Waals surface area contributed by atoms with Gasteiger partial charge in [-0.25, -0.2) is 4.99 Å². The summed E-state index contributed by atoms with van der Waals surface area (Å²) in [7, 11) is 0. The van der Waals surface area contributed by atoms with Crippen LogP contribution in [0.2, 0.25) is 0 Å². The van der Waals surface area contributed by atoms with Gasteiger partial charge in [0.1, 0.15) is 11.4 Å². The Morgan fingerprint density at radius 2 is 2.28 bits per heavy atom. The summed E-state index contributed by atoms with van der Waals surface area (Å²) in [6.45, 7) is 8.18. The second-order valence-electron chi connectivity index (χ2n) is 7.51. The summed E-state index contributed by atoms with van der Waals surface area (Å²) in [5.41, 5.74) is -0.0672. The van der Waals surface area contributed by atoms with Gasteiger partial charge in [0.05, 0.1) is 12.8 Å². The molecule has 0 amide bonds. The second kappa shape index (κ2) is 11.9. The van der Waals surface area contributed by atoms with E-state index in [0.717, 1.165) is 43.3 Å². The number of thiophene rings is 1. The maximum atomic E-state index is 10.8. The van der Waals surface area contributed by atoms with Crippen LogP contribution in [-0.2, 0) is 12.0 Å². The molecule has 1 saturated heterocycles. The maximum absolute atomic E-state index is 10.8. The Bertz CT molecular complexity index is 719. The Morgan fingerprint density at radius 3 is 2.97 bits per heavy atom. The van der Waals surface area contributed by atoms with E-state index in [1.165, 1.54) is 19.4 Å². The fourth-order valence-corrected chi connectivity index (χ4v) is 4.37. The van der Waals surface area contributed by atoms with Gasteiger partial charge in [-0.1, -0.05) is 6.92 Å². The lowest BCUT2D eigenvalue weighted by atomic mass is 10.00. The predicted octanol–water partition coefficient (Wildman–Crippen LogP) is 3.43. The molecule has 1 aliphatic heterocycles. The summed E-state index contributed by atoms with van der Waals surface area (Å²) in [6, 6.07) is 6.37. The Morgan fingerprint density at radius 1 is 1.41 bits per heavy atom. The molecule has 2 unspecified atom stereocenters. The van der Waals surface area contributed by atoms with Gasteiger partial charge in [-0.15, -0.1) is 24.0 Å². The van der Waals surface area contributed by atoms with Crippen molar-refractivity contribution in [3.8, 4) is 0 Å². The van der Waals surface area contributed by atoms with Crippen molar-refractivity contribution >= 4 is 41.3 Å². The molecule has 162 valence electrons. The number of guanidine groups is 1. The fourth-order valence-electron chi connectivity index (χ4n) is 3.59. The molecule has 0 saturated carbocycles. The lowest BCUT2D eigenvalue weighted by Gasteiger charge is -2.25. The first-order valence-electron chi connectivity index (χ1n) is 10.1. The molecule has 0 spiro atoms. The van der Waals surface area contributed by atoms with E-state index in [9.17, 15) is 5.11 Å². The van der Waals surface area contributed by atoms with Crippen molar-refractivity contribution in [2.45, 2.75) is 44.8 Å². The molecule has 0 aromatic carbocycles. The van der Waals surface area contributed by atoms with Crippen molar-refractivity contribution in [2.75, 3.05) is 32.7 Å². The molecule has 2 aromatic heterocycles. The van der Waals surface area contributed by atoms with Crippen LogP contribution in [0.15, 0.2) is 44.6 Å². The molecule has 2 atom stereocenters. The number of aliphatic hydroxyl groups is 1. The molecule has 3 N–H and O–H groups in total. The van der Waals surface area contributed by atoms with Gasteiger partial charge < -0.3 is 20.2 Å². The molecule has 6 nitrogen and oxygen atoms in total. The zero-order valence-corrected chi connectivity index (χ0v) is 20.4. The second-order valence-corrected chi connectivity index (χ2v) is 8.29. The summed E-state index contributed by atoms with van der Waals surface area (Å²) in [5, 5.41) is 21.6. The molecule has 3 rings (SSSR count). The monoisotopic (exact) mass is 532 g/mol. The summed E-state index contributed by atoms with van der Waals surface area (Å²) in [5.74, 6) is 1.69. The minimum Gasteiger partial charge on any atom is -0.469 e. The number of furan rings is 1. The summed E-state index contributed by atoms with van der Waals surface area (Å²) < 4.78 is 5.40. The van der Waals surface area contributed by atoms with Crippen LogP contribution >= 0.6 is 35.3 Å². The molecule has 1 aliphatic rings. The first-order chi connectivity index (χ1) is 13.6. The molecular weight excluding hydrogens is 499 g/mol. The van der Waals surface area contributed by atoms with Gasteiger partial charge in [-0.05, 0) is 67.4 Å². The third-order valence-electron chi connectivity index (χ3n) is 5.34. The highest BCUT2D eigenvalue weighted by atomic mass is 127. The van der Waals surface area contributed by atoms with E-state index in [2.05, 4.69) is 27.4 Å². The number of halogens is 1. The summed E-state index contributed by atoms with van der Waals surface area (Å²) in [4.78, 5) is 7.19. The number of hydrogen-bond acceptors (Lipinski definition) is 5. The van der Waals surface area contributed by atoms with Gasteiger partial charge in [-0.2, -0.15) is 11.3 Å². The fraction of sp³-hybridized carbons (Fsp3) is 0.571. The van der Waals surface area contributed by atoms with Crippen molar-refractivity contribution in [1.29, 1.82) is 0 Å². The van der Waals surface area contributed by atoms with Gasteiger partial charge in [0, 0.05) is 25.6 Å². The first-order valence-corrected chi connectivity index (χ1v) is 11.1. The molecule has 0 radical (unpaired) electrons. The van der Waals surface area contributed by atoms with Crippen LogP contribution in [0.1, 0.15) is 38.0 Å². The van der Waals surface area contributed by atoms with E-state index in [4.69, 9.17) is 4.42 Å². The number of nitrogens with one attached hydrogen (secondary N) is 2. The van der Waals surface area contributed by atoms with Crippen molar-refractivity contribution in [3.05, 3.63) is 46.5 Å². The standard InChI is InChI=1S/C21H32N4O2S.HI/c1-3-25-11-4-6-18(25)14-23-20(22-10-8-19-7-5-12-27-19)24-16-21(2,26)17-9-13-28-15-17;/h5,7,9,12-13,15,18,26H,3-4,6,8,10-11,14,16H2,1-2H3,(H2,22,23,24);1H. The Balaban J connectivity index is 0.00000300. The molecule has 8 heteroatoms. The molecule has 0 aliphatic carbocycles. The average molecular weight is 532 g/mol. The van der Waals surface area contributed by atoms with E-state index >= 15 is 0 Å². The quantitative estimate of drug-likeness (QED) is 0.262. The topological polar surface area (TPSA) is 73.0 Å². The first kappa shape index (κ1) is 24.2. The van der Waals surface area contributed by atoms with E-state index in [1.807, 2.05) is 35.9 Å². The third kappa shape index (κ3) is 7.27. The van der Waals surface area contributed by atoms with E-state index in [-0.39, 0.29) is 24.0 Å². The maximum Gasteiger partial charge on any atom is 0.191 e. The number of aliphatic imine (C=N–C) groups is 1. The largest absolute Gasteiger partial charge is 0.469 e. The van der Waals surface area contributed by atoms with Gasteiger partial charge in [0.2, 0.25) is 0 Å². The van der Waals surface area contributed by atoms with Gasteiger partial charge in [0.15, 0.2) is 5.96 Å². The number of likely N-dealkylation sites (N-methyl/N-ethyl adjacent to an activating group) is 1. The molecule has 2 aromatic rings. The third-order valence-corrected chi connectivity index (χ3v) is 6.03. The van der Waals surface area contributed by atoms with Gasteiger partial charge in [0.25, 0.3) is 0 Å². The van der Waals surface area contributed by atoms with E-state index in [0.29, 0.717) is 12.6 Å². The normalized spacial score (nSPS) is 19.6. The number of hydrogen-bond donors (Lipinski definition) is 3. The highest BCUT2D eigenvalue weighted by Crippen LogP contribution is 2.23. The van der Waals surface area contributed by atoms with Crippen molar-refractivity contribution in [3.63, 3.8) is 0 Å². The number of likely N-dealkylation sites (tertiary alicyclic amines) is 1. The van der Waals surface area contributed by atoms with Crippen molar-refractivity contribution in [1.82, 2.24) is 15.5 Å². The van der Waals surface area contributed by atoms with Crippen LogP contribution in [-0.4, -0.2) is 54.7 Å². The van der Waals surface area contributed by atoms with Crippen LogP contribution in [0.25, 0.3) is 0 Å². The average Bonchev–Trinajstić information content (AvgIpc) is 3.45. The lowest BCUT2D eigenvalue weighted by molar-refractivity contribution is 0.0677. The minimum absolute atomic E-state index is 0. The van der Waals surface area contributed by atoms with Crippen LogP contribution in [0, 0.1) is 0 Å². The Hall–Kier alpha value is -1.10. The molecule has 29 heavy (non-hydrogen) atoms. The van der Waals surface area contributed by atoms with Crippen LogP contribution in [0.5, 0.6) is 0 Å². The lowest BCUT2D eigenvalue weighted by Crippen LogP contribution is -2.45. The summed E-state index contributed by atoms with van der Waals surface area (Å²) >= 11 is 1.59. The smallest absolute Gasteiger partial charge is 0.191 e. The summed E-state index contributed by atoms with van der Waals surface area (Å²) in [6.07, 6.45) is 4.96.